The van der Waals surface area contributed by atoms with Crippen molar-refractivity contribution >= 4 is 28.0 Å². The molecule has 1 saturated carbocycles. The third kappa shape index (κ3) is 12.9. The highest BCUT2D eigenvalue weighted by atomic mass is 32.2. The summed E-state index contributed by atoms with van der Waals surface area (Å²) in [5, 5.41) is 18.0. The molecule has 3 amide bonds. The first-order valence-electron chi connectivity index (χ1n) is 14.8. The average molecular weight is 576 g/mol. The maximum Gasteiger partial charge on any atom is 0.407 e. The highest BCUT2D eigenvalue weighted by Gasteiger charge is 2.38. The number of hydrogen-bond acceptors (Lipinski definition) is 7. The van der Waals surface area contributed by atoms with Crippen LogP contribution in [0.15, 0.2) is 0 Å². The van der Waals surface area contributed by atoms with E-state index >= 15 is 0 Å². The molecule has 4 atom stereocenters. The molecule has 226 valence electrons. The summed E-state index contributed by atoms with van der Waals surface area (Å²) in [5.41, 5.74) is -2.31. The number of rotatable bonds is 18. The van der Waals surface area contributed by atoms with Gasteiger partial charge in [0.25, 0.3) is 10.1 Å². The topological polar surface area (TPSA) is 171 Å². The Bertz CT molecular complexity index is 863. The zero-order valence-corrected chi connectivity index (χ0v) is 24.2. The van der Waals surface area contributed by atoms with Gasteiger partial charge in [-0.1, -0.05) is 84.0 Å². The summed E-state index contributed by atoms with van der Waals surface area (Å²) in [6.45, 7) is 2.82. The Morgan fingerprint density at radius 1 is 0.974 bits per heavy atom. The van der Waals surface area contributed by atoms with E-state index in [4.69, 9.17) is 4.74 Å². The van der Waals surface area contributed by atoms with Crippen molar-refractivity contribution in [3.63, 3.8) is 0 Å². The van der Waals surface area contributed by atoms with Crippen molar-refractivity contribution in [2.24, 2.45) is 11.8 Å². The fraction of sp³-hybridized carbons (Fsp3) is 0.889. The van der Waals surface area contributed by atoms with Crippen molar-refractivity contribution in [2.75, 3.05) is 13.2 Å². The number of nitrogens with one attached hydrogen (secondary N) is 3. The predicted octanol–water partition coefficient (Wildman–Crippen LogP) is 3.41. The molecule has 2 fully saturated rings. The van der Waals surface area contributed by atoms with Crippen LogP contribution >= 0.6 is 0 Å². The summed E-state index contributed by atoms with van der Waals surface area (Å²) in [5.74, 6) is -1.41. The van der Waals surface area contributed by atoms with Gasteiger partial charge in [0, 0.05) is 12.5 Å². The van der Waals surface area contributed by atoms with Crippen LogP contribution < -0.4 is 16.0 Å². The molecule has 1 unspecified atom stereocenters. The number of ether oxygens (including phenoxy) is 1. The number of carbonyl (C=O) groups excluding carboxylic acids is 3. The van der Waals surface area contributed by atoms with Gasteiger partial charge in [-0.2, -0.15) is 8.42 Å². The Hall–Kier alpha value is -1.92. The lowest BCUT2D eigenvalue weighted by atomic mass is 9.84. The molecule has 0 aromatic heterocycles. The average Bonchev–Trinajstić information content (AvgIpc) is 3.30. The van der Waals surface area contributed by atoms with Crippen LogP contribution in [-0.4, -0.2) is 66.7 Å². The Labute approximate surface area is 233 Å². The molecule has 2 rings (SSSR count). The summed E-state index contributed by atoms with van der Waals surface area (Å²) < 4.78 is 38.2. The molecular weight excluding hydrogens is 526 g/mol. The minimum absolute atomic E-state index is 0.169. The fourth-order valence-electron chi connectivity index (χ4n) is 5.49. The summed E-state index contributed by atoms with van der Waals surface area (Å²) in [7, 11) is -4.91. The molecule has 2 aliphatic rings. The van der Waals surface area contributed by atoms with Crippen LogP contribution in [0, 0.1) is 11.8 Å². The molecule has 0 spiro atoms. The number of aliphatic hydroxyl groups excluding tert-OH is 1. The highest BCUT2D eigenvalue weighted by molar-refractivity contribution is 7.86. The van der Waals surface area contributed by atoms with Gasteiger partial charge < -0.3 is 25.8 Å². The van der Waals surface area contributed by atoms with Gasteiger partial charge >= 0.3 is 6.09 Å². The maximum atomic E-state index is 13.3. The SMILES string of the molecule is CCCCCCCCCCOC(=O)N[C@@H](CC1CCCCC1)C(=O)N[C@@H](C[C@@H]1CCNC1=O)C(O)S(=O)(=O)O. The molecule has 39 heavy (non-hydrogen) atoms. The van der Waals surface area contributed by atoms with Crippen LogP contribution in [0.25, 0.3) is 0 Å². The van der Waals surface area contributed by atoms with Crippen LogP contribution in [-0.2, 0) is 24.4 Å². The van der Waals surface area contributed by atoms with Crippen LogP contribution in [0.1, 0.15) is 110 Å². The van der Waals surface area contributed by atoms with Gasteiger partial charge in [0.1, 0.15) is 6.04 Å². The van der Waals surface area contributed by atoms with E-state index in [0.717, 1.165) is 57.8 Å². The predicted molar refractivity (Wildman–Crippen MR) is 147 cm³/mol. The minimum Gasteiger partial charge on any atom is -0.450 e. The first kappa shape index (κ1) is 33.3. The van der Waals surface area contributed by atoms with Crippen LogP contribution in [0.4, 0.5) is 4.79 Å². The van der Waals surface area contributed by atoms with Gasteiger partial charge in [-0.3, -0.25) is 14.1 Å². The second kappa shape index (κ2) is 17.7. The summed E-state index contributed by atoms with van der Waals surface area (Å²) >= 11 is 0. The molecule has 1 aliphatic heterocycles. The molecule has 0 bridgehead atoms. The van der Waals surface area contributed by atoms with E-state index in [0.29, 0.717) is 19.4 Å². The van der Waals surface area contributed by atoms with Gasteiger partial charge in [-0.05, 0) is 31.6 Å². The molecular formula is C27H49N3O8S. The van der Waals surface area contributed by atoms with Crippen LogP contribution in [0.2, 0.25) is 0 Å². The van der Waals surface area contributed by atoms with Gasteiger partial charge in [0.15, 0.2) is 0 Å². The van der Waals surface area contributed by atoms with E-state index in [-0.39, 0.29) is 24.9 Å². The monoisotopic (exact) mass is 575 g/mol. The highest BCUT2D eigenvalue weighted by Crippen LogP contribution is 2.28. The summed E-state index contributed by atoms with van der Waals surface area (Å²) in [4.78, 5) is 37.9. The number of aliphatic hydroxyl groups is 1. The lowest BCUT2D eigenvalue weighted by molar-refractivity contribution is -0.126. The zero-order chi connectivity index (χ0) is 28.7. The first-order chi connectivity index (χ1) is 18.6. The number of carbonyl (C=O) groups is 3. The Kier molecular flexibility index (Phi) is 15.1. The Morgan fingerprint density at radius 3 is 2.21 bits per heavy atom. The van der Waals surface area contributed by atoms with E-state index in [1.54, 1.807) is 0 Å². The molecule has 5 N–H and O–H groups in total. The minimum atomic E-state index is -4.91. The first-order valence-corrected chi connectivity index (χ1v) is 16.3. The molecule has 1 aliphatic carbocycles. The molecule has 1 heterocycles. The smallest absolute Gasteiger partial charge is 0.407 e. The third-order valence-electron chi connectivity index (χ3n) is 7.81. The normalized spacial score (nSPS) is 20.6. The van der Waals surface area contributed by atoms with Gasteiger partial charge in [0.05, 0.1) is 12.6 Å². The fourth-order valence-corrected chi connectivity index (χ4v) is 6.08. The Balaban J connectivity index is 1.95. The number of alkyl carbamates (subject to hydrolysis) is 1. The quantitative estimate of drug-likeness (QED) is 0.122. The largest absolute Gasteiger partial charge is 0.450 e. The van der Waals surface area contributed by atoms with E-state index in [1.165, 1.54) is 25.7 Å². The molecule has 0 aromatic carbocycles. The van der Waals surface area contributed by atoms with Gasteiger partial charge in [-0.15, -0.1) is 0 Å². The molecule has 0 radical (unpaired) electrons. The lowest BCUT2D eigenvalue weighted by Gasteiger charge is -2.29. The van der Waals surface area contributed by atoms with E-state index in [1.807, 2.05) is 0 Å². The summed E-state index contributed by atoms with van der Waals surface area (Å²) in [6.07, 6.45) is 13.7. The number of amides is 3. The second-order valence-electron chi connectivity index (χ2n) is 11.1. The number of unbranched alkanes of at least 4 members (excludes halogenated alkanes) is 7. The van der Waals surface area contributed by atoms with Crippen molar-refractivity contribution in [3.05, 3.63) is 0 Å². The van der Waals surface area contributed by atoms with E-state index in [9.17, 15) is 32.5 Å². The zero-order valence-electron chi connectivity index (χ0n) is 23.4. The van der Waals surface area contributed by atoms with E-state index in [2.05, 4.69) is 22.9 Å². The third-order valence-corrected chi connectivity index (χ3v) is 8.75. The molecule has 11 nitrogen and oxygen atoms in total. The van der Waals surface area contributed by atoms with Gasteiger partial charge in [0.2, 0.25) is 17.3 Å². The van der Waals surface area contributed by atoms with Crippen LogP contribution in [0.5, 0.6) is 0 Å². The van der Waals surface area contributed by atoms with Crippen LogP contribution in [0.3, 0.4) is 0 Å². The molecule has 0 aromatic rings. The molecule has 12 heteroatoms. The lowest BCUT2D eigenvalue weighted by Crippen LogP contribution is -2.55. The van der Waals surface area contributed by atoms with Gasteiger partial charge in [-0.25, -0.2) is 4.79 Å². The number of hydrogen-bond donors (Lipinski definition) is 5. The van der Waals surface area contributed by atoms with Crippen molar-refractivity contribution in [3.8, 4) is 0 Å². The van der Waals surface area contributed by atoms with Crippen molar-refractivity contribution < 1.29 is 37.2 Å². The molecule has 1 saturated heterocycles. The van der Waals surface area contributed by atoms with Crippen molar-refractivity contribution in [1.82, 2.24) is 16.0 Å². The summed E-state index contributed by atoms with van der Waals surface area (Å²) in [6, 6.07) is -2.43. The Morgan fingerprint density at radius 2 is 1.62 bits per heavy atom. The van der Waals surface area contributed by atoms with Crippen molar-refractivity contribution in [2.45, 2.75) is 127 Å². The van der Waals surface area contributed by atoms with E-state index < -0.39 is 45.6 Å². The second-order valence-corrected chi connectivity index (χ2v) is 12.6. The standard InChI is InChI=1S/C27H49N3O8S/c1-2-3-4-5-6-7-8-12-17-38-27(34)30-22(18-20-13-10-9-11-14-20)25(32)29-23(26(33)39(35,36)37)19-21-15-16-28-24(21)31/h20-23,26,33H,2-19H2,1H3,(H,28,31)(H,29,32)(H,30,34)(H,35,36,37)/t21-,22-,23-,26?/m0/s1. The maximum absolute atomic E-state index is 13.3. The van der Waals surface area contributed by atoms with Crippen molar-refractivity contribution in [1.29, 1.82) is 0 Å².